The van der Waals surface area contributed by atoms with Gasteiger partial charge in [-0.3, -0.25) is 19.5 Å². The lowest BCUT2D eigenvalue weighted by Gasteiger charge is -2.19. The molecule has 3 fully saturated rings. The van der Waals surface area contributed by atoms with Gasteiger partial charge in [-0.1, -0.05) is 13.8 Å². The van der Waals surface area contributed by atoms with Gasteiger partial charge in [0.25, 0.3) is 0 Å². The molecule has 0 radical (unpaired) electrons. The number of anilines is 1. The number of piperidine rings is 1. The SMILES string of the molecule is Cc1cc(C#N)nc(-c2ccnc3cc(CN4C(=O)C5C(C4=O)C5(C)C)sc23)c1NC1CCNC1.Cl.Cl. The average Bonchev–Trinajstić information content (AvgIpc) is 3.29. The lowest BCUT2D eigenvalue weighted by Crippen LogP contribution is -2.35. The first-order chi connectivity index (χ1) is 16.8. The monoisotopic (exact) mass is 558 g/mol. The minimum atomic E-state index is -0.215. The van der Waals surface area contributed by atoms with Gasteiger partial charge in [0, 0.05) is 29.2 Å². The number of nitrogens with one attached hydrogen (secondary N) is 2. The fourth-order valence-corrected chi connectivity index (χ4v) is 6.77. The van der Waals surface area contributed by atoms with Crippen LogP contribution in [-0.4, -0.2) is 45.8 Å². The first-order valence-electron chi connectivity index (χ1n) is 11.9. The Morgan fingerprint density at radius 3 is 2.62 bits per heavy atom. The van der Waals surface area contributed by atoms with Gasteiger partial charge in [-0.25, -0.2) is 4.98 Å². The van der Waals surface area contributed by atoms with Crippen molar-refractivity contribution in [2.75, 3.05) is 18.4 Å². The maximum absolute atomic E-state index is 12.8. The molecule has 37 heavy (non-hydrogen) atoms. The highest BCUT2D eigenvalue weighted by molar-refractivity contribution is 7.19. The number of halogens is 2. The zero-order valence-corrected chi connectivity index (χ0v) is 23.1. The van der Waals surface area contributed by atoms with Crippen LogP contribution in [0.4, 0.5) is 5.69 Å². The second-order valence-electron chi connectivity index (χ2n) is 10.3. The van der Waals surface area contributed by atoms with Gasteiger partial charge in [-0.05, 0) is 49.1 Å². The van der Waals surface area contributed by atoms with Crippen LogP contribution in [0.2, 0.25) is 0 Å². The van der Waals surface area contributed by atoms with Crippen LogP contribution >= 0.6 is 36.2 Å². The summed E-state index contributed by atoms with van der Waals surface area (Å²) in [5.41, 5.74) is 4.45. The predicted octanol–water partition coefficient (Wildman–Crippen LogP) is 4.30. The summed E-state index contributed by atoms with van der Waals surface area (Å²) in [5.74, 6) is -0.493. The Kier molecular flexibility index (Phi) is 7.25. The van der Waals surface area contributed by atoms with E-state index in [0.717, 1.165) is 57.1 Å². The summed E-state index contributed by atoms with van der Waals surface area (Å²) in [4.78, 5) is 37.2. The maximum Gasteiger partial charge on any atom is 0.234 e. The molecule has 3 unspecified atom stereocenters. The van der Waals surface area contributed by atoms with Crippen molar-refractivity contribution in [3.8, 4) is 17.3 Å². The van der Waals surface area contributed by atoms with Crippen molar-refractivity contribution < 1.29 is 9.59 Å². The summed E-state index contributed by atoms with van der Waals surface area (Å²) in [6.45, 7) is 8.09. The maximum atomic E-state index is 12.8. The second kappa shape index (κ2) is 9.84. The van der Waals surface area contributed by atoms with Crippen LogP contribution in [-0.2, 0) is 16.1 Å². The van der Waals surface area contributed by atoms with Crippen LogP contribution in [0.1, 0.15) is 36.4 Å². The number of nitrogens with zero attached hydrogens (tertiary/aromatic N) is 4. The van der Waals surface area contributed by atoms with Crippen LogP contribution < -0.4 is 10.6 Å². The molecule has 1 aliphatic carbocycles. The van der Waals surface area contributed by atoms with Gasteiger partial charge in [-0.2, -0.15) is 5.26 Å². The Morgan fingerprint density at radius 2 is 1.97 bits per heavy atom. The van der Waals surface area contributed by atoms with Crippen LogP contribution in [0, 0.1) is 35.5 Å². The molecular weight excluding hydrogens is 531 g/mol. The average molecular weight is 560 g/mol. The molecule has 8 nitrogen and oxygen atoms in total. The first-order valence-corrected chi connectivity index (χ1v) is 12.7. The van der Waals surface area contributed by atoms with E-state index < -0.39 is 0 Å². The van der Waals surface area contributed by atoms with E-state index in [1.165, 1.54) is 16.2 Å². The molecule has 3 aliphatic rings. The van der Waals surface area contributed by atoms with Crippen LogP contribution in [0.5, 0.6) is 0 Å². The Hall–Kier alpha value is -2.77. The van der Waals surface area contributed by atoms with Crippen LogP contribution in [0.25, 0.3) is 21.5 Å². The summed E-state index contributed by atoms with van der Waals surface area (Å²) < 4.78 is 0.932. The molecular formula is C26H28Cl2N6O2S. The summed E-state index contributed by atoms with van der Waals surface area (Å²) >= 11 is 1.52. The smallest absolute Gasteiger partial charge is 0.234 e. The molecule has 2 saturated heterocycles. The largest absolute Gasteiger partial charge is 0.379 e. The number of fused-ring (bicyclic) bond motifs is 2. The first kappa shape index (κ1) is 27.3. The standard InChI is InChI=1S/C26H26N6O2S.2ClH/c1-13-8-15(10-27)31-22(21(13)30-14-4-6-28-11-14)17-5-7-29-18-9-16(35-23(17)18)12-32-24(33)19-20(25(32)34)26(19,2)3;;/h5,7-9,14,19-20,28,30H,4,6,11-12H2,1-3H3;2*1H. The minimum absolute atomic E-state index is 0. The zero-order chi connectivity index (χ0) is 24.5. The summed E-state index contributed by atoms with van der Waals surface area (Å²) in [6.07, 6.45) is 2.76. The molecule has 2 amide bonds. The van der Waals surface area contributed by atoms with E-state index in [2.05, 4.69) is 21.7 Å². The molecule has 3 aromatic heterocycles. The fourth-order valence-electron chi connectivity index (χ4n) is 5.66. The summed E-state index contributed by atoms with van der Waals surface area (Å²) in [6, 6.07) is 8.16. The number of nitriles is 1. The second-order valence-corrected chi connectivity index (χ2v) is 11.5. The zero-order valence-electron chi connectivity index (χ0n) is 20.7. The molecule has 6 rings (SSSR count). The van der Waals surface area contributed by atoms with Crippen molar-refractivity contribution >= 4 is 63.9 Å². The van der Waals surface area contributed by atoms with E-state index in [-0.39, 0.29) is 60.4 Å². The molecule has 2 aliphatic heterocycles. The number of thiophene rings is 1. The molecule has 0 spiro atoms. The summed E-state index contributed by atoms with van der Waals surface area (Å²) in [5, 5.41) is 16.6. The predicted molar refractivity (Wildman–Crippen MR) is 148 cm³/mol. The highest BCUT2D eigenvalue weighted by Crippen LogP contribution is 2.63. The quantitative estimate of drug-likeness (QED) is 0.449. The van der Waals surface area contributed by atoms with Crippen LogP contribution in [0.3, 0.4) is 0 Å². The number of hydrogen-bond donors (Lipinski definition) is 2. The number of carbonyl (C=O) groups is 2. The Labute approximate surface area is 231 Å². The van der Waals surface area contributed by atoms with Crippen LogP contribution in [0.15, 0.2) is 24.4 Å². The van der Waals surface area contributed by atoms with Gasteiger partial charge in [-0.15, -0.1) is 36.2 Å². The molecule has 3 aromatic rings. The Balaban J connectivity index is 0.00000160. The number of aromatic nitrogens is 2. The number of likely N-dealkylation sites (tertiary alicyclic amines) is 1. The molecule has 194 valence electrons. The molecule has 0 bridgehead atoms. The van der Waals surface area contributed by atoms with E-state index in [0.29, 0.717) is 11.7 Å². The number of aryl methyl sites for hydroxylation is 1. The van der Waals surface area contributed by atoms with Gasteiger partial charge in [0.05, 0.1) is 40.0 Å². The number of hydrogen-bond acceptors (Lipinski definition) is 8. The third-order valence-electron chi connectivity index (χ3n) is 7.66. The molecule has 1 saturated carbocycles. The third kappa shape index (κ3) is 4.36. The molecule has 11 heteroatoms. The molecule has 0 aromatic carbocycles. The van der Waals surface area contributed by atoms with E-state index in [4.69, 9.17) is 4.98 Å². The highest BCUT2D eigenvalue weighted by atomic mass is 35.5. The van der Waals surface area contributed by atoms with E-state index in [1.807, 2.05) is 39.0 Å². The van der Waals surface area contributed by atoms with Crippen molar-refractivity contribution in [2.45, 2.75) is 39.8 Å². The number of carbonyl (C=O) groups excluding carboxylic acids is 2. The van der Waals surface area contributed by atoms with E-state index in [1.54, 1.807) is 6.20 Å². The van der Waals surface area contributed by atoms with E-state index >= 15 is 0 Å². The van der Waals surface area contributed by atoms with Gasteiger partial charge >= 0.3 is 0 Å². The third-order valence-corrected chi connectivity index (χ3v) is 8.81. The number of amides is 2. The topological polar surface area (TPSA) is 111 Å². The lowest BCUT2D eigenvalue weighted by molar-refractivity contribution is -0.143. The van der Waals surface area contributed by atoms with Gasteiger partial charge in [0.15, 0.2) is 0 Å². The van der Waals surface area contributed by atoms with Gasteiger partial charge in [0.1, 0.15) is 11.8 Å². The number of rotatable bonds is 5. The fraction of sp³-hybridized carbons (Fsp3) is 0.423. The van der Waals surface area contributed by atoms with Gasteiger partial charge in [0.2, 0.25) is 11.8 Å². The minimum Gasteiger partial charge on any atom is -0.379 e. The molecule has 2 N–H and O–H groups in total. The number of imide groups is 1. The Morgan fingerprint density at radius 1 is 1.24 bits per heavy atom. The normalized spacial score (nSPS) is 23.3. The van der Waals surface area contributed by atoms with Crippen molar-refractivity contribution in [2.24, 2.45) is 17.3 Å². The number of pyridine rings is 2. The van der Waals surface area contributed by atoms with Gasteiger partial charge < -0.3 is 10.6 Å². The van der Waals surface area contributed by atoms with Crippen molar-refractivity contribution in [3.63, 3.8) is 0 Å². The highest BCUT2D eigenvalue weighted by Gasteiger charge is 2.72. The molecule has 3 atom stereocenters. The Bertz CT molecular complexity index is 1420. The molecule has 5 heterocycles. The lowest BCUT2D eigenvalue weighted by atomic mass is 10.0. The summed E-state index contributed by atoms with van der Waals surface area (Å²) in [7, 11) is 0. The van der Waals surface area contributed by atoms with Crippen molar-refractivity contribution in [3.05, 3.63) is 40.5 Å². The van der Waals surface area contributed by atoms with E-state index in [9.17, 15) is 14.9 Å². The van der Waals surface area contributed by atoms with Crippen molar-refractivity contribution in [1.29, 1.82) is 5.26 Å². The van der Waals surface area contributed by atoms with Crippen molar-refractivity contribution in [1.82, 2.24) is 20.2 Å².